The van der Waals surface area contributed by atoms with Gasteiger partial charge >= 0.3 is 11.9 Å². The van der Waals surface area contributed by atoms with Crippen LogP contribution in [0.2, 0.25) is 0 Å². The maximum atomic E-state index is 12.2. The van der Waals surface area contributed by atoms with Crippen LogP contribution in [0.3, 0.4) is 0 Å². The van der Waals surface area contributed by atoms with Crippen LogP contribution in [0.1, 0.15) is 39.2 Å². The van der Waals surface area contributed by atoms with Gasteiger partial charge in [-0.05, 0) is 30.5 Å². The van der Waals surface area contributed by atoms with E-state index in [9.17, 15) is 14.4 Å². The van der Waals surface area contributed by atoms with Gasteiger partial charge < -0.3 is 19.7 Å². The lowest BCUT2D eigenvalue weighted by molar-refractivity contribution is -0.222. The molecule has 0 atom stereocenters. The van der Waals surface area contributed by atoms with Gasteiger partial charge in [-0.3, -0.25) is 4.79 Å². The van der Waals surface area contributed by atoms with E-state index in [2.05, 4.69) is 5.32 Å². The van der Waals surface area contributed by atoms with Crippen LogP contribution in [0, 0.1) is 0 Å². The number of aryl methyl sites for hydroxylation is 1. The molecule has 1 amide bonds. The maximum Gasteiger partial charge on any atom is 0.350 e. The van der Waals surface area contributed by atoms with E-state index in [1.54, 1.807) is 4.90 Å². The molecule has 1 N–H and O–H groups in total. The summed E-state index contributed by atoms with van der Waals surface area (Å²) in [6, 6.07) is 5.65. The largest absolute Gasteiger partial charge is 0.419 e. The van der Waals surface area contributed by atoms with E-state index in [0.29, 0.717) is 18.7 Å². The van der Waals surface area contributed by atoms with Crippen molar-refractivity contribution >= 4 is 29.2 Å². The second-order valence-electron chi connectivity index (χ2n) is 6.73. The van der Waals surface area contributed by atoms with Crippen LogP contribution in [0.5, 0.6) is 0 Å². The Kier molecular flexibility index (Phi) is 4.71. The van der Waals surface area contributed by atoms with Gasteiger partial charge in [-0.2, -0.15) is 0 Å². The van der Waals surface area contributed by atoms with Gasteiger partial charge in [0, 0.05) is 44.4 Å². The topological polar surface area (TPSA) is 84.9 Å². The average Bonchev–Trinajstić information content (AvgIpc) is 2.58. The molecule has 138 valence electrons. The normalized spacial score (nSPS) is 18.6. The molecular weight excluding hydrogens is 336 g/mol. The second-order valence-corrected chi connectivity index (χ2v) is 6.73. The Labute approximate surface area is 151 Å². The number of carbonyl (C=O) groups is 3. The number of fused-ring (bicyclic) bond motifs is 1. The SMILES string of the molecule is CCC(=O)N1CCCc2ccc(NC=C3C(=O)OC(C)(C)OC3=O)cc21. The minimum Gasteiger partial charge on any atom is -0.419 e. The molecule has 1 aromatic carbocycles. The molecule has 0 aliphatic carbocycles. The number of benzene rings is 1. The lowest BCUT2D eigenvalue weighted by Crippen LogP contribution is -2.42. The predicted octanol–water partition coefficient (Wildman–Crippen LogP) is 2.51. The minimum absolute atomic E-state index is 0.0723. The molecule has 26 heavy (non-hydrogen) atoms. The molecule has 2 aliphatic heterocycles. The fourth-order valence-corrected chi connectivity index (χ4v) is 3.05. The molecule has 0 unspecified atom stereocenters. The van der Waals surface area contributed by atoms with Crippen molar-refractivity contribution in [3.05, 3.63) is 35.5 Å². The average molecular weight is 358 g/mol. The van der Waals surface area contributed by atoms with Crippen LogP contribution >= 0.6 is 0 Å². The Morgan fingerprint density at radius 1 is 1.27 bits per heavy atom. The Balaban J connectivity index is 1.82. The van der Waals surface area contributed by atoms with Gasteiger partial charge in [0.1, 0.15) is 0 Å². The Morgan fingerprint density at radius 2 is 1.96 bits per heavy atom. The van der Waals surface area contributed by atoms with Crippen molar-refractivity contribution in [3.63, 3.8) is 0 Å². The molecule has 0 aromatic heterocycles. The summed E-state index contributed by atoms with van der Waals surface area (Å²) in [4.78, 5) is 37.9. The van der Waals surface area contributed by atoms with E-state index in [0.717, 1.165) is 24.1 Å². The Morgan fingerprint density at radius 3 is 2.62 bits per heavy atom. The highest BCUT2D eigenvalue weighted by Crippen LogP contribution is 2.31. The lowest BCUT2D eigenvalue weighted by Gasteiger charge is -2.30. The van der Waals surface area contributed by atoms with Gasteiger partial charge in [0.2, 0.25) is 5.91 Å². The van der Waals surface area contributed by atoms with Gasteiger partial charge in [-0.15, -0.1) is 0 Å². The van der Waals surface area contributed by atoms with Crippen LogP contribution < -0.4 is 10.2 Å². The van der Waals surface area contributed by atoms with Crippen LogP contribution in [-0.2, 0) is 30.3 Å². The van der Waals surface area contributed by atoms with Crippen molar-refractivity contribution in [3.8, 4) is 0 Å². The second kappa shape index (κ2) is 6.82. The van der Waals surface area contributed by atoms with Gasteiger partial charge in [0.15, 0.2) is 5.57 Å². The standard InChI is InChI=1S/C19H22N2O5/c1-4-16(22)21-9-5-6-12-7-8-13(10-15(12)21)20-11-14-17(23)25-19(2,3)26-18(14)24/h7-8,10-11,20H,4-6,9H2,1-3H3. The smallest absolute Gasteiger partial charge is 0.350 e. The number of hydrogen-bond donors (Lipinski definition) is 1. The highest BCUT2D eigenvalue weighted by Gasteiger charge is 2.39. The first-order chi connectivity index (χ1) is 12.3. The van der Waals surface area contributed by atoms with E-state index in [-0.39, 0.29) is 11.5 Å². The Bertz CT molecular complexity index is 775. The first-order valence-corrected chi connectivity index (χ1v) is 8.67. The lowest BCUT2D eigenvalue weighted by atomic mass is 10.0. The van der Waals surface area contributed by atoms with Crippen molar-refractivity contribution < 1.29 is 23.9 Å². The van der Waals surface area contributed by atoms with E-state index in [1.165, 1.54) is 20.0 Å². The van der Waals surface area contributed by atoms with Crippen molar-refractivity contribution in [2.24, 2.45) is 0 Å². The van der Waals surface area contributed by atoms with Gasteiger partial charge in [-0.25, -0.2) is 9.59 Å². The minimum atomic E-state index is -1.27. The first-order valence-electron chi connectivity index (χ1n) is 8.67. The summed E-state index contributed by atoms with van der Waals surface area (Å²) in [7, 11) is 0. The molecule has 2 aliphatic rings. The summed E-state index contributed by atoms with van der Waals surface area (Å²) >= 11 is 0. The molecule has 1 fully saturated rings. The molecule has 0 radical (unpaired) electrons. The van der Waals surface area contributed by atoms with Gasteiger partial charge in [0.05, 0.1) is 0 Å². The number of nitrogens with one attached hydrogen (secondary N) is 1. The number of cyclic esters (lactones) is 2. The molecule has 7 nitrogen and oxygen atoms in total. The molecule has 2 heterocycles. The molecule has 0 bridgehead atoms. The van der Waals surface area contributed by atoms with Crippen LogP contribution in [0.15, 0.2) is 30.0 Å². The summed E-state index contributed by atoms with van der Waals surface area (Å²) in [6.07, 6.45) is 3.56. The highest BCUT2D eigenvalue weighted by atomic mass is 16.7. The number of anilines is 2. The number of nitrogens with zero attached hydrogens (tertiary/aromatic N) is 1. The third-order valence-corrected chi connectivity index (χ3v) is 4.31. The summed E-state index contributed by atoms with van der Waals surface area (Å²) in [6.45, 7) is 5.52. The summed E-state index contributed by atoms with van der Waals surface area (Å²) in [5.41, 5.74) is 2.43. The molecule has 0 spiro atoms. The van der Waals surface area contributed by atoms with Crippen LogP contribution in [-0.4, -0.2) is 30.2 Å². The number of ether oxygens (including phenoxy) is 2. The van der Waals surface area contributed by atoms with E-state index >= 15 is 0 Å². The summed E-state index contributed by atoms with van der Waals surface area (Å²) in [5.74, 6) is -2.67. The summed E-state index contributed by atoms with van der Waals surface area (Å²) in [5, 5.41) is 2.93. The van der Waals surface area contributed by atoms with Crippen molar-refractivity contribution in [2.45, 2.75) is 45.8 Å². The number of amides is 1. The zero-order chi connectivity index (χ0) is 18.9. The molecule has 7 heteroatoms. The molecule has 3 rings (SSSR count). The van der Waals surface area contributed by atoms with E-state index < -0.39 is 17.7 Å². The summed E-state index contributed by atoms with van der Waals surface area (Å²) < 4.78 is 10.1. The maximum absolute atomic E-state index is 12.2. The third-order valence-electron chi connectivity index (χ3n) is 4.31. The first kappa shape index (κ1) is 18.0. The zero-order valence-electron chi connectivity index (χ0n) is 15.1. The van der Waals surface area contributed by atoms with Crippen LogP contribution in [0.4, 0.5) is 11.4 Å². The van der Waals surface area contributed by atoms with E-state index in [1.807, 2.05) is 25.1 Å². The molecule has 0 saturated carbocycles. The Hall–Kier alpha value is -2.83. The molecular formula is C19H22N2O5. The zero-order valence-corrected chi connectivity index (χ0v) is 15.1. The monoisotopic (exact) mass is 358 g/mol. The van der Waals surface area contributed by atoms with Crippen molar-refractivity contribution in [2.75, 3.05) is 16.8 Å². The molecule has 1 aromatic rings. The van der Waals surface area contributed by atoms with Crippen molar-refractivity contribution in [1.29, 1.82) is 0 Å². The number of hydrogen-bond acceptors (Lipinski definition) is 6. The number of carbonyl (C=O) groups excluding carboxylic acids is 3. The quantitative estimate of drug-likeness (QED) is 0.508. The number of rotatable bonds is 3. The third kappa shape index (κ3) is 3.56. The van der Waals surface area contributed by atoms with Crippen LogP contribution in [0.25, 0.3) is 0 Å². The van der Waals surface area contributed by atoms with Gasteiger partial charge in [-0.1, -0.05) is 13.0 Å². The number of esters is 2. The fraction of sp³-hybridized carbons (Fsp3) is 0.421. The van der Waals surface area contributed by atoms with Gasteiger partial charge in [0.25, 0.3) is 5.79 Å². The highest BCUT2D eigenvalue weighted by molar-refractivity contribution is 6.15. The molecule has 1 saturated heterocycles. The van der Waals surface area contributed by atoms with Crippen molar-refractivity contribution in [1.82, 2.24) is 0 Å². The fourth-order valence-electron chi connectivity index (χ4n) is 3.05. The predicted molar refractivity (Wildman–Crippen MR) is 95.4 cm³/mol. The van der Waals surface area contributed by atoms with E-state index in [4.69, 9.17) is 9.47 Å².